The zero-order valence-corrected chi connectivity index (χ0v) is 14.7. The maximum Gasteiger partial charge on any atom is 0.335 e. The van der Waals surface area contributed by atoms with Crippen LogP contribution in [0.5, 0.6) is 0 Å². The van der Waals surface area contributed by atoms with Gasteiger partial charge in [0.15, 0.2) is 0 Å². The second-order valence-corrected chi connectivity index (χ2v) is 6.44. The molecule has 1 aliphatic heterocycles. The quantitative estimate of drug-likeness (QED) is 0.668. The molecule has 0 radical (unpaired) electrons. The van der Waals surface area contributed by atoms with E-state index in [1.54, 1.807) is 11.3 Å². The van der Waals surface area contributed by atoms with E-state index in [-0.39, 0.29) is 0 Å². The molecule has 0 atom stereocenters. The highest BCUT2D eigenvalue weighted by atomic mass is 32.1. The van der Waals surface area contributed by atoms with Crippen molar-refractivity contribution < 1.29 is 8.42 Å². The van der Waals surface area contributed by atoms with Crippen molar-refractivity contribution >= 4 is 34.3 Å². The fourth-order valence-corrected chi connectivity index (χ4v) is 3.45. The maximum atomic E-state index is 8.29. The van der Waals surface area contributed by atoms with Crippen LogP contribution >= 0.6 is 11.3 Å². The maximum absolute atomic E-state index is 8.29. The number of thiophene rings is 1. The van der Waals surface area contributed by atoms with Gasteiger partial charge in [-0.2, -0.15) is 19.8 Å². The highest BCUT2D eigenvalue weighted by Crippen LogP contribution is 2.30. The number of aryl methyl sites for hydroxylation is 1. The molecule has 0 saturated heterocycles. The Morgan fingerprint density at radius 1 is 0.958 bits per heavy atom. The molecule has 0 spiro atoms. The van der Waals surface area contributed by atoms with Gasteiger partial charge in [-0.15, -0.1) is 0 Å². The summed E-state index contributed by atoms with van der Waals surface area (Å²) < 4.78 is 16.6. The van der Waals surface area contributed by atoms with E-state index in [9.17, 15) is 0 Å². The highest BCUT2D eigenvalue weighted by molar-refractivity contribution is 7.51. The molecule has 0 aliphatic carbocycles. The molecule has 2 aromatic carbocycles. The highest BCUT2D eigenvalue weighted by Gasteiger charge is 2.15. The summed E-state index contributed by atoms with van der Waals surface area (Å²) in [6.45, 7) is 2.13. The topological polar surface area (TPSA) is 46.5 Å². The van der Waals surface area contributed by atoms with Gasteiger partial charge in [-0.3, -0.25) is 4.99 Å². The minimum atomic E-state index is -0.750. The molecular weight excluding hydrogens is 338 g/mol. The Bertz CT molecular complexity index is 907. The fourth-order valence-electron chi connectivity index (χ4n) is 2.78. The van der Waals surface area contributed by atoms with E-state index in [0.29, 0.717) is 0 Å². The SMILES string of the molecule is Cc1ccc2c(c1)CC(c1ccc(-c3ccsc3)cc1)=N2.O=S=O. The largest absolute Gasteiger partial charge is 0.335 e. The predicted molar refractivity (Wildman–Crippen MR) is 99.8 cm³/mol. The monoisotopic (exact) mass is 353 g/mol. The molecule has 5 heteroatoms. The van der Waals surface area contributed by atoms with Crippen molar-refractivity contribution in [1.82, 2.24) is 0 Å². The van der Waals surface area contributed by atoms with Crippen molar-refractivity contribution in [3.63, 3.8) is 0 Å². The molecule has 3 nitrogen and oxygen atoms in total. The van der Waals surface area contributed by atoms with E-state index in [1.807, 2.05) is 0 Å². The summed E-state index contributed by atoms with van der Waals surface area (Å²) in [4.78, 5) is 4.77. The Morgan fingerprint density at radius 3 is 2.33 bits per heavy atom. The number of fused-ring (bicyclic) bond motifs is 1. The van der Waals surface area contributed by atoms with Crippen molar-refractivity contribution in [1.29, 1.82) is 0 Å². The molecule has 1 aromatic heterocycles. The molecule has 1 aliphatic rings. The van der Waals surface area contributed by atoms with Gasteiger partial charge in [0.05, 0.1) is 11.4 Å². The summed E-state index contributed by atoms with van der Waals surface area (Å²) in [5.41, 5.74) is 8.73. The minimum Gasteiger partial charge on any atom is -0.252 e. The third-order valence-electron chi connectivity index (χ3n) is 3.92. The van der Waals surface area contributed by atoms with Gasteiger partial charge in [0, 0.05) is 6.42 Å². The molecule has 0 N–H and O–H groups in total. The van der Waals surface area contributed by atoms with E-state index in [0.717, 1.165) is 12.1 Å². The lowest BCUT2D eigenvalue weighted by Gasteiger charge is -2.03. The summed E-state index contributed by atoms with van der Waals surface area (Å²) in [5.74, 6) is 0. The van der Waals surface area contributed by atoms with E-state index < -0.39 is 11.6 Å². The lowest BCUT2D eigenvalue weighted by Crippen LogP contribution is -1.99. The summed E-state index contributed by atoms with van der Waals surface area (Å²) in [5, 5.41) is 4.30. The van der Waals surface area contributed by atoms with Crippen LogP contribution in [0, 0.1) is 6.92 Å². The molecule has 0 unspecified atom stereocenters. The van der Waals surface area contributed by atoms with Crippen molar-refractivity contribution in [3.05, 3.63) is 76.0 Å². The van der Waals surface area contributed by atoms with Crippen LogP contribution in [-0.2, 0) is 18.0 Å². The second-order valence-electron chi connectivity index (χ2n) is 5.52. The Kier molecular flexibility index (Phi) is 5.13. The molecular formula is C19H15NO2S2. The normalized spacial score (nSPS) is 12.0. The first-order valence-electron chi connectivity index (χ1n) is 7.43. The van der Waals surface area contributed by atoms with E-state index in [1.165, 1.54) is 33.5 Å². The minimum absolute atomic E-state index is 0.750. The van der Waals surface area contributed by atoms with Gasteiger partial charge >= 0.3 is 11.6 Å². The predicted octanol–water partition coefficient (Wildman–Crippen LogP) is 4.73. The molecule has 4 rings (SSSR count). The van der Waals surface area contributed by atoms with Gasteiger partial charge in [0.2, 0.25) is 0 Å². The molecule has 0 saturated carbocycles. The van der Waals surface area contributed by atoms with Crippen molar-refractivity contribution in [3.8, 4) is 11.1 Å². The number of benzene rings is 2. The average molecular weight is 353 g/mol. The van der Waals surface area contributed by atoms with Crippen LogP contribution in [0.4, 0.5) is 5.69 Å². The molecule has 0 amide bonds. The third-order valence-corrected chi connectivity index (χ3v) is 4.60. The Hall–Kier alpha value is -2.37. The number of rotatable bonds is 2. The fraction of sp³-hybridized carbons (Fsp3) is 0.105. The van der Waals surface area contributed by atoms with Crippen LogP contribution in [0.15, 0.2) is 64.3 Å². The first-order chi connectivity index (χ1) is 11.7. The number of nitrogens with zero attached hydrogens (tertiary/aromatic N) is 1. The third kappa shape index (κ3) is 3.58. The van der Waals surface area contributed by atoms with E-state index in [4.69, 9.17) is 13.4 Å². The van der Waals surface area contributed by atoms with Crippen LogP contribution in [0.2, 0.25) is 0 Å². The van der Waals surface area contributed by atoms with Crippen LogP contribution in [-0.4, -0.2) is 14.1 Å². The molecule has 24 heavy (non-hydrogen) atoms. The Morgan fingerprint density at radius 2 is 1.67 bits per heavy atom. The summed E-state index contributed by atoms with van der Waals surface area (Å²) in [6, 6.07) is 17.4. The molecule has 3 aromatic rings. The summed E-state index contributed by atoms with van der Waals surface area (Å²) in [7, 11) is 0. The zero-order chi connectivity index (χ0) is 16.9. The van der Waals surface area contributed by atoms with Crippen LogP contribution < -0.4 is 0 Å². The van der Waals surface area contributed by atoms with Crippen LogP contribution in [0.25, 0.3) is 11.1 Å². The lowest BCUT2D eigenvalue weighted by atomic mass is 10.0. The number of hydrogen-bond acceptors (Lipinski definition) is 4. The lowest BCUT2D eigenvalue weighted by molar-refractivity contribution is 0.630. The van der Waals surface area contributed by atoms with E-state index >= 15 is 0 Å². The van der Waals surface area contributed by atoms with Crippen LogP contribution in [0.1, 0.15) is 16.7 Å². The van der Waals surface area contributed by atoms with Crippen molar-refractivity contribution in [2.45, 2.75) is 13.3 Å². The zero-order valence-electron chi connectivity index (χ0n) is 13.1. The number of aliphatic imine (C=N–C) groups is 1. The summed E-state index contributed by atoms with van der Waals surface area (Å²) in [6.07, 6.45) is 0.939. The second kappa shape index (κ2) is 7.47. The Balaban J connectivity index is 0.000000526. The van der Waals surface area contributed by atoms with Gasteiger partial charge < -0.3 is 0 Å². The molecule has 2 heterocycles. The molecule has 0 bridgehead atoms. The molecule has 0 fully saturated rings. The van der Waals surface area contributed by atoms with E-state index in [2.05, 4.69) is 66.2 Å². The van der Waals surface area contributed by atoms with Gasteiger partial charge in [-0.1, -0.05) is 42.0 Å². The van der Waals surface area contributed by atoms with Gasteiger partial charge in [-0.25, -0.2) is 0 Å². The first kappa shape index (κ1) is 16.5. The van der Waals surface area contributed by atoms with Gasteiger partial charge in [0.1, 0.15) is 0 Å². The smallest absolute Gasteiger partial charge is 0.252 e. The Labute approximate surface area is 148 Å². The molecule has 120 valence electrons. The van der Waals surface area contributed by atoms with Crippen LogP contribution in [0.3, 0.4) is 0 Å². The van der Waals surface area contributed by atoms with Gasteiger partial charge in [-0.05, 0) is 52.1 Å². The van der Waals surface area contributed by atoms with Crippen molar-refractivity contribution in [2.75, 3.05) is 0 Å². The number of hydrogen-bond donors (Lipinski definition) is 0. The summed E-state index contributed by atoms with van der Waals surface area (Å²) >= 11 is 0.983. The van der Waals surface area contributed by atoms with Crippen molar-refractivity contribution in [2.24, 2.45) is 4.99 Å². The van der Waals surface area contributed by atoms with Gasteiger partial charge in [0.25, 0.3) is 0 Å². The standard InChI is InChI=1S/C19H15NS.O2S/c1-13-2-7-18-17(10-13)11-19(20-18)15-5-3-14(4-6-15)16-8-9-21-12-16;1-3-2/h2-10,12H,11H2,1H3;. The average Bonchev–Trinajstić information content (AvgIpc) is 3.25. The first-order valence-corrected chi connectivity index (χ1v) is 9.04.